The van der Waals surface area contributed by atoms with Gasteiger partial charge in [-0.15, -0.1) is 0 Å². The molecule has 0 aromatic carbocycles. The quantitative estimate of drug-likeness (QED) is 0.769. The van der Waals surface area contributed by atoms with Crippen LogP contribution in [-0.2, 0) is 0 Å². The van der Waals surface area contributed by atoms with Gasteiger partial charge in [-0.1, -0.05) is 34.6 Å². The van der Waals surface area contributed by atoms with Crippen LogP contribution in [0.3, 0.4) is 0 Å². The van der Waals surface area contributed by atoms with Crippen LogP contribution in [0.1, 0.15) is 41.0 Å². The van der Waals surface area contributed by atoms with Gasteiger partial charge in [0.15, 0.2) is 0 Å². The van der Waals surface area contributed by atoms with Crippen LogP contribution in [0.5, 0.6) is 0 Å². The lowest BCUT2D eigenvalue weighted by Gasteiger charge is -2.40. The van der Waals surface area contributed by atoms with Crippen molar-refractivity contribution < 1.29 is 0 Å². The van der Waals surface area contributed by atoms with Crippen molar-refractivity contribution in [1.82, 2.24) is 10.2 Å². The van der Waals surface area contributed by atoms with Gasteiger partial charge in [0.05, 0.1) is 0 Å². The standard InChI is InChI=1S/C13H28N2/c1-6-12-9-15(8-7-14-12)10-13(4,5)11(2)3/h11-12,14H,6-10H2,1-5H3. The molecule has 1 aliphatic rings. The largest absolute Gasteiger partial charge is 0.311 e. The molecule has 1 N–H and O–H groups in total. The number of hydrogen-bond donors (Lipinski definition) is 1. The van der Waals surface area contributed by atoms with Gasteiger partial charge in [-0.05, 0) is 17.8 Å². The summed E-state index contributed by atoms with van der Waals surface area (Å²) in [5.41, 5.74) is 0.440. The maximum absolute atomic E-state index is 3.57. The minimum absolute atomic E-state index is 0.440. The molecule has 2 heteroatoms. The topological polar surface area (TPSA) is 15.3 Å². The van der Waals surface area contributed by atoms with Crippen molar-refractivity contribution in [1.29, 1.82) is 0 Å². The SMILES string of the molecule is CCC1CN(CC(C)(C)C(C)C)CCN1. The first-order valence-corrected chi connectivity index (χ1v) is 6.41. The first-order valence-electron chi connectivity index (χ1n) is 6.41. The van der Waals surface area contributed by atoms with Crippen molar-refractivity contribution in [2.45, 2.75) is 47.1 Å². The van der Waals surface area contributed by atoms with E-state index < -0.39 is 0 Å². The minimum atomic E-state index is 0.440. The highest BCUT2D eigenvalue weighted by Crippen LogP contribution is 2.27. The zero-order valence-electron chi connectivity index (χ0n) is 11.1. The molecule has 1 heterocycles. The molecule has 1 rings (SSSR count). The molecule has 0 bridgehead atoms. The number of piperazine rings is 1. The fourth-order valence-corrected chi connectivity index (χ4v) is 2.07. The van der Waals surface area contributed by atoms with Gasteiger partial charge in [0.1, 0.15) is 0 Å². The molecule has 0 amide bonds. The second kappa shape index (κ2) is 5.31. The lowest BCUT2D eigenvalue weighted by atomic mass is 9.80. The van der Waals surface area contributed by atoms with E-state index in [-0.39, 0.29) is 0 Å². The molecule has 1 saturated heterocycles. The molecule has 1 aliphatic heterocycles. The highest BCUT2D eigenvalue weighted by atomic mass is 15.2. The Morgan fingerprint density at radius 2 is 2.07 bits per heavy atom. The number of nitrogens with one attached hydrogen (secondary N) is 1. The van der Waals surface area contributed by atoms with Gasteiger partial charge in [0, 0.05) is 32.2 Å². The lowest BCUT2D eigenvalue weighted by Crippen LogP contribution is -2.53. The van der Waals surface area contributed by atoms with Crippen LogP contribution in [0.4, 0.5) is 0 Å². The smallest absolute Gasteiger partial charge is 0.0192 e. The molecule has 2 nitrogen and oxygen atoms in total. The summed E-state index contributed by atoms with van der Waals surface area (Å²) in [5, 5.41) is 3.57. The Kier molecular flexibility index (Phi) is 4.60. The van der Waals surface area contributed by atoms with E-state index in [0.717, 1.165) is 12.5 Å². The average molecular weight is 212 g/mol. The van der Waals surface area contributed by atoms with E-state index in [1.807, 2.05) is 0 Å². The Morgan fingerprint density at radius 3 is 2.60 bits per heavy atom. The Hall–Kier alpha value is -0.0800. The van der Waals surface area contributed by atoms with Gasteiger partial charge in [0.2, 0.25) is 0 Å². The Morgan fingerprint density at radius 1 is 1.40 bits per heavy atom. The van der Waals surface area contributed by atoms with E-state index in [9.17, 15) is 0 Å². The van der Waals surface area contributed by atoms with E-state index in [1.54, 1.807) is 0 Å². The minimum Gasteiger partial charge on any atom is -0.311 e. The van der Waals surface area contributed by atoms with Gasteiger partial charge < -0.3 is 5.32 Å². The maximum atomic E-state index is 3.57. The normalized spacial score (nSPS) is 24.8. The van der Waals surface area contributed by atoms with Crippen LogP contribution in [0, 0.1) is 11.3 Å². The molecule has 0 aliphatic carbocycles. The summed E-state index contributed by atoms with van der Waals surface area (Å²) >= 11 is 0. The van der Waals surface area contributed by atoms with Crippen molar-refractivity contribution in [2.75, 3.05) is 26.2 Å². The van der Waals surface area contributed by atoms with Gasteiger partial charge in [-0.3, -0.25) is 4.90 Å². The van der Waals surface area contributed by atoms with E-state index >= 15 is 0 Å². The lowest BCUT2D eigenvalue weighted by molar-refractivity contribution is 0.106. The molecule has 0 spiro atoms. The molecule has 1 unspecified atom stereocenters. The van der Waals surface area contributed by atoms with E-state index in [0.29, 0.717) is 11.5 Å². The zero-order valence-corrected chi connectivity index (χ0v) is 11.1. The molecular formula is C13H28N2. The molecule has 0 radical (unpaired) electrons. The Balaban J connectivity index is 2.44. The third-order valence-electron chi connectivity index (χ3n) is 4.03. The average Bonchev–Trinajstić information content (AvgIpc) is 2.17. The molecule has 0 aromatic heterocycles. The molecule has 1 atom stereocenters. The summed E-state index contributed by atoms with van der Waals surface area (Å²) in [7, 11) is 0. The van der Waals surface area contributed by atoms with Crippen LogP contribution in [0.2, 0.25) is 0 Å². The monoisotopic (exact) mass is 212 g/mol. The van der Waals surface area contributed by atoms with Crippen LogP contribution >= 0.6 is 0 Å². The van der Waals surface area contributed by atoms with E-state index in [2.05, 4.69) is 44.8 Å². The van der Waals surface area contributed by atoms with Crippen molar-refractivity contribution in [3.05, 3.63) is 0 Å². The number of hydrogen-bond acceptors (Lipinski definition) is 2. The third-order valence-corrected chi connectivity index (χ3v) is 4.03. The third kappa shape index (κ3) is 3.76. The molecule has 0 saturated carbocycles. The van der Waals surface area contributed by atoms with Gasteiger partial charge in [0.25, 0.3) is 0 Å². The molecule has 1 fully saturated rings. The highest BCUT2D eigenvalue weighted by Gasteiger charge is 2.27. The Bertz CT molecular complexity index is 187. The fourth-order valence-electron chi connectivity index (χ4n) is 2.07. The summed E-state index contributed by atoms with van der Waals surface area (Å²) in [6.07, 6.45) is 1.25. The zero-order chi connectivity index (χ0) is 11.5. The molecule has 90 valence electrons. The van der Waals surface area contributed by atoms with Crippen molar-refractivity contribution in [2.24, 2.45) is 11.3 Å². The fraction of sp³-hybridized carbons (Fsp3) is 1.00. The van der Waals surface area contributed by atoms with Crippen molar-refractivity contribution >= 4 is 0 Å². The van der Waals surface area contributed by atoms with Crippen LogP contribution in [0.15, 0.2) is 0 Å². The van der Waals surface area contributed by atoms with Gasteiger partial charge in [-0.2, -0.15) is 0 Å². The first-order chi connectivity index (χ1) is 6.95. The van der Waals surface area contributed by atoms with Gasteiger partial charge >= 0.3 is 0 Å². The highest BCUT2D eigenvalue weighted by molar-refractivity contribution is 4.83. The van der Waals surface area contributed by atoms with Crippen molar-refractivity contribution in [3.63, 3.8) is 0 Å². The second-order valence-electron chi connectivity index (χ2n) is 5.94. The van der Waals surface area contributed by atoms with Gasteiger partial charge in [-0.25, -0.2) is 0 Å². The van der Waals surface area contributed by atoms with Crippen molar-refractivity contribution in [3.8, 4) is 0 Å². The first kappa shape index (κ1) is 13.0. The summed E-state index contributed by atoms with van der Waals surface area (Å²) < 4.78 is 0. The summed E-state index contributed by atoms with van der Waals surface area (Å²) in [4.78, 5) is 2.63. The maximum Gasteiger partial charge on any atom is 0.0192 e. The van der Waals surface area contributed by atoms with E-state index in [1.165, 1.54) is 26.1 Å². The predicted molar refractivity (Wildman–Crippen MR) is 67.1 cm³/mol. The molecular weight excluding hydrogens is 184 g/mol. The second-order valence-corrected chi connectivity index (χ2v) is 5.94. The number of nitrogens with zero attached hydrogens (tertiary/aromatic N) is 1. The summed E-state index contributed by atoms with van der Waals surface area (Å²) in [6.45, 7) is 16.6. The summed E-state index contributed by atoms with van der Waals surface area (Å²) in [5.74, 6) is 0.757. The van der Waals surface area contributed by atoms with Crippen LogP contribution in [-0.4, -0.2) is 37.1 Å². The number of rotatable bonds is 4. The van der Waals surface area contributed by atoms with Crippen LogP contribution in [0.25, 0.3) is 0 Å². The molecule has 0 aromatic rings. The summed E-state index contributed by atoms with van der Waals surface area (Å²) in [6, 6.07) is 0.710. The van der Waals surface area contributed by atoms with Crippen LogP contribution < -0.4 is 5.32 Å². The molecule has 15 heavy (non-hydrogen) atoms. The Labute approximate surface area is 95.4 Å². The van der Waals surface area contributed by atoms with E-state index in [4.69, 9.17) is 0 Å². The predicted octanol–water partition coefficient (Wildman–Crippen LogP) is 2.35.